The standard InChI is InChI=1S/C6H14N2O2.C6H12N2O/c7-4-2-1-3-5(8)6(9)10;7-6(9)5-3-1-2-4-8-5/h5H,1-4,7-8H2,(H,9,10);5,8H,1-4H2,(H2,7,9). The first kappa shape index (κ1) is 17.8. The maximum Gasteiger partial charge on any atom is 0.320 e. The highest BCUT2D eigenvalue weighted by atomic mass is 16.4. The average molecular weight is 274 g/mol. The van der Waals surface area contributed by atoms with E-state index in [0.29, 0.717) is 13.0 Å². The van der Waals surface area contributed by atoms with Crippen LogP contribution >= 0.6 is 0 Å². The summed E-state index contributed by atoms with van der Waals surface area (Å²) in [6, 6.07) is -0.773. The van der Waals surface area contributed by atoms with Crippen molar-refractivity contribution < 1.29 is 14.7 Å². The molecule has 2 atom stereocenters. The highest BCUT2D eigenvalue weighted by molar-refractivity contribution is 5.79. The quantitative estimate of drug-likeness (QED) is 0.399. The number of amides is 1. The minimum absolute atomic E-state index is 0.0567. The fourth-order valence-electron chi connectivity index (χ4n) is 1.73. The van der Waals surface area contributed by atoms with E-state index in [4.69, 9.17) is 22.3 Å². The van der Waals surface area contributed by atoms with E-state index >= 15 is 0 Å². The zero-order valence-corrected chi connectivity index (χ0v) is 11.3. The first-order valence-electron chi connectivity index (χ1n) is 6.70. The van der Waals surface area contributed by atoms with Crippen molar-refractivity contribution in [3.05, 3.63) is 0 Å². The van der Waals surface area contributed by atoms with Gasteiger partial charge < -0.3 is 27.6 Å². The fraction of sp³-hybridized carbons (Fsp3) is 0.833. The summed E-state index contributed by atoms with van der Waals surface area (Å²) in [5.74, 6) is -1.15. The van der Waals surface area contributed by atoms with E-state index in [1.807, 2.05) is 0 Å². The minimum Gasteiger partial charge on any atom is -0.480 e. The van der Waals surface area contributed by atoms with Gasteiger partial charge in [-0.05, 0) is 38.8 Å². The first-order chi connectivity index (χ1) is 8.99. The number of rotatable bonds is 6. The lowest BCUT2D eigenvalue weighted by Gasteiger charge is -2.19. The zero-order chi connectivity index (χ0) is 14.7. The number of nitrogens with two attached hydrogens (primary N) is 3. The van der Waals surface area contributed by atoms with Crippen LogP contribution in [0.5, 0.6) is 0 Å². The molecule has 0 radical (unpaired) electrons. The predicted octanol–water partition coefficient (Wildman–Crippen LogP) is -0.859. The van der Waals surface area contributed by atoms with Gasteiger partial charge >= 0.3 is 5.97 Å². The van der Waals surface area contributed by atoms with Crippen molar-refractivity contribution in [2.45, 2.75) is 50.6 Å². The van der Waals surface area contributed by atoms with Gasteiger partial charge in [-0.2, -0.15) is 0 Å². The Bertz CT molecular complexity index is 268. The summed E-state index contributed by atoms with van der Waals surface area (Å²) in [6.45, 7) is 1.54. The van der Waals surface area contributed by atoms with E-state index in [2.05, 4.69) is 5.32 Å². The molecule has 0 aromatic carbocycles. The third kappa shape index (κ3) is 9.40. The Balaban J connectivity index is 0.000000342. The molecule has 0 spiro atoms. The molecule has 1 aliphatic heterocycles. The monoisotopic (exact) mass is 274 g/mol. The van der Waals surface area contributed by atoms with Gasteiger partial charge in [0.2, 0.25) is 5.91 Å². The maximum atomic E-state index is 10.5. The Morgan fingerprint density at radius 2 is 2.00 bits per heavy atom. The molecule has 1 fully saturated rings. The number of unbranched alkanes of at least 4 members (excludes halogenated alkanes) is 1. The minimum atomic E-state index is -0.933. The van der Waals surface area contributed by atoms with Crippen molar-refractivity contribution in [3.63, 3.8) is 0 Å². The number of hydrogen-bond donors (Lipinski definition) is 5. The predicted molar refractivity (Wildman–Crippen MR) is 73.4 cm³/mol. The van der Waals surface area contributed by atoms with Crippen molar-refractivity contribution in [3.8, 4) is 0 Å². The third-order valence-electron chi connectivity index (χ3n) is 2.94. The number of primary amides is 1. The normalized spacial score (nSPS) is 20.0. The molecule has 7 nitrogen and oxygen atoms in total. The van der Waals surface area contributed by atoms with Crippen molar-refractivity contribution in [1.82, 2.24) is 5.32 Å². The number of hydrogen-bond acceptors (Lipinski definition) is 5. The van der Waals surface area contributed by atoms with Gasteiger partial charge in [0.15, 0.2) is 0 Å². The Hall–Kier alpha value is -1.18. The fourth-order valence-corrected chi connectivity index (χ4v) is 1.73. The zero-order valence-electron chi connectivity index (χ0n) is 11.3. The Kier molecular flexibility index (Phi) is 10.1. The van der Waals surface area contributed by atoms with E-state index in [-0.39, 0.29) is 11.9 Å². The van der Waals surface area contributed by atoms with Gasteiger partial charge in [-0.1, -0.05) is 12.8 Å². The van der Waals surface area contributed by atoms with E-state index in [9.17, 15) is 9.59 Å². The van der Waals surface area contributed by atoms with Crippen LogP contribution in [0, 0.1) is 0 Å². The van der Waals surface area contributed by atoms with Gasteiger partial charge in [-0.25, -0.2) is 0 Å². The van der Waals surface area contributed by atoms with Gasteiger partial charge in [0.1, 0.15) is 6.04 Å². The third-order valence-corrected chi connectivity index (χ3v) is 2.94. The van der Waals surface area contributed by atoms with Crippen LogP contribution in [-0.2, 0) is 9.59 Å². The van der Waals surface area contributed by atoms with Crippen molar-refractivity contribution in [1.29, 1.82) is 0 Å². The summed E-state index contributed by atoms with van der Waals surface area (Å²) in [6.07, 6.45) is 5.37. The van der Waals surface area contributed by atoms with Crippen LogP contribution in [-0.4, -0.2) is 42.2 Å². The summed E-state index contributed by atoms with van der Waals surface area (Å²) in [5, 5.41) is 11.4. The van der Waals surface area contributed by atoms with Gasteiger partial charge in [0, 0.05) is 0 Å². The second-order valence-electron chi connectivity index (χ2n) is 4.63. The van der Waals surface area contributed by atoms with Gasteiger partial charge in [0.25, 0.3) is 0 Å². The maximum absolute atomic E-state index is 10.5. The molecular weight excluding hydrogens is 248 g/mol. The molecule has 1 amide bonds. The van der Waals surface area contributed by atoms with Crippen LogP contribution in [0.1, 0.15) is 38.5 Å². The molecule has 2 unspecified atom stereocenters. The highest BCUT2D eigenvalue weighted by Gasteiger charge is 2.16. The largest absolute Gasteiger partial charge is 0.480 e. The second kappa shape index (κ2) is 10.7. The number of aliphatic carboxylic acids is 1. The SMILES string of the molecule is NC(=O)C1CCCCN1.NCCCCC(N)C(=O)O. The summed E-state index contributed by atoms with van der Waals surface area (Å²) >= 11 is 0. The van der Waals surface area contributed by atoms with Gasteiger partial charge in [-0.15, -0.1) is 0 Å². The molecule has 19 heavy (non-hydrogen) atoms. The second-order valence-corrected chi connectivity index (χ2v) is 4.63. The molecule has 0 bridgehead atoms. The highest BCUT2D eigenvalue weighted by Crippen LogP contribution is 2.05. The van der Waals surface area contributed by atoms with E-state index in [0.717, 1.165) is 32.2 Å². The molecule has 0 aliphatic carbocycles. The lowest BCUT2D eigenvalue weighted by molar-refractivity contribution is -0.138. The molecule has 1 saturated heterocycles. The Morgan fingerprint density at radius 1 is 1.32 bits per heavy atom. The van der Waals surface area contributed by atoms with Crippen LogP contribution in [0.15, 0.2) is 0 Å². The van der Waals surface area contributed by atoms with Crippen LogP contribution in [0.4, 0.5) is 0 Å². The molecule has 0 aromatic heterocycles. The Morgan fingerprint density at radius 3 is 2.37 bits per heavy atom. The first-order valence-corrected chi connectivity index (χ1v) is 6.70. The van der Waals surface area contributed by atoms with E-state index in [1.165, 1.54) is 6.42 Å². The average Bonchev–Trinajstić information content (AvgIpc) is 2.40. The van der Waals surface area contributed by atoms with Gasteiger partial charge in [-0.3, -0.25) is 9.59 Å². The number of nitrogens with one attached hydrogen (secondary N) is 1. The lowest BCUT2D eigenvalue weighted by atomic mass is 10.1. The van der Waals surface area contributed by atoms with Crippen LogP contribution in [0.2, 0.25) is 0 Å². The van der Waals surface area contributed by atoms with E-state index in [1.54, 1.807) is 0 Å². The summed E-state index contributed by atoms with van der Waals surface area (Å²) in [7, 11) is 0. The van der Waals surface area contributed by atoms with Crippen LogP contribution in [0.25, 0.3) is 0 Å². The number of carboxylic acid groups (broad SMARTS) is 1. The number of carbonyl (C=O) groups excluding carboxylic acids is 1. The van der Waals surface area contributed by atoms with Crippen molar-refractivity contribution in [2.75, 3.05) is 13.1 Å². The molecule has 112 valence electrons. The number of carboxylic acids is 1. The lowest BCUT2D eigenvalue weighted by Crippen LogP contribution is -2.44. The Labute approximate surface area is 113 Å². The molecule has 1 heterocycles. The van der Waals surface area contributed by atoms with E-state index < -0.39 is 12.0 Å². The molecule has 0 aromatic rings. The summed E-state index contributed by atoms with van der Waals surface area (Å²) < 4.78 is 0. The van der Waals surface area contributed by atoms with Crippen LogP contribution in [0.3, 0.4) is 0 Å². The molecule has 7 heteroatoms. The van der Waals surface area contributed by atoms with Crippen molar-refractivity contribution >= 4 is 11.9 Å². The molecule has 8 N–H and O–H groups in total. The topological polar surface area (TPSA) is 144 Å². The summed E-state index contributed by atoms with van der Waals surface area (Å²) in [4.78, 5) is 20.7. The molecule has 0 saturated carbocycles. The van der Waals surface area contributed by atoms with Crippen molar-refractivity contribution in [2.24, 2.45) is 17.2 Å². The number of carbonyl (C=O) groups is 2. The number of piperidine rings is 1. The molecular formula is C12H26N4O3. The smallest absolute Gasteiger partial charge is 0.320 e. The summed E-state index contributed by atoms with van der Waals surface area (Å²) in [5.41, 5.74) is 15.5. The van der Waals surface area contributed by atoms with Crippen LogP contribution < -0.4 is 22.5 Å². The molecule has 1 aliphatic rings. The molecule has 1 rings (SSSR count). The van der Waals surface area contributed by atoms with Gasteiger partial charge in [0.05, 0.1) is 6.04 Å².